The molecule has 0 saturated carbocycles. The average Bonchev–Trinajstić information content (AvgIpc) is 2.95. The highest BCUT2D eigenvalue weighted by atomic mass is 16.4. The minimum atomic E-state index is -1.03. The van der Waals surface area contributed by atoms with Gasteiger partial charge >= 0.3 is 5.97 Å². The number of carboxylic acid groups (broad SMARTS) is 1. The summed E-state index contributed by atoms with van der Waals surface area (Å²) in [5.41, 5.74) is 2.25. The maximum Gasteiger partial charge on any atom is 0.335 e. The number of anilines is 1. The zero-order chi connectivity index (χ0) is 15.5. The van der Waals surface area contributed by atoms with E-state index in [1.807, 2.05) is 30.5 Å². The van der Waals surface area contributed by atoms with Crippen molar-refractivity contribution in [2.75, 3.05) is 5.32 Å². The van der Waals surface area contributed by atoms with Crippen LogP contribution in [0.2, 0.25) is 0 Å². The van der Waals surface area contributed by atoms with Crippen LogP contribution in [0.1, 0.15) is 15.9 Å². The van der Waals surface area contributed by atoms with E-state index >= 15 is 0 Å². The molecule has 22 heavy (non-hydrogen) atoms. The fourth-order valence-electron chi connectivity index (χ4n) is 2.39. The summed E-state index contributed by atoms with van der Waals surface area (Å²) in [5.74, 6) is -1.28. The third kappa shape index (κ3) is 2.83. The summed E-state index contributed by atoms with van der Waals surface area (Å²) in [6, 6.07) is 14.0. The van der Waals surface area contributed by atoms with Gasteiger partial charge in [0, 0.05) is 17.4 Å². The highest BCUT2D eigenvalue weighted by Crippen LogP contribution is 2.18. The van der Waals surface area contributed by atoms with Crippen LogP contribution in [0.5, 0.6) is 0 Å². The van der Waals surface area contributed by atoms with Crippen molar-refractivity contribution in [3.63, 3.8) is 0 Å². The van der Waals surface area contributed by atoms with Crippen molar-refractivity contribution in [1.29, 1.82) is 0 Å². The quantitative estimate of drug-likeness (QED) is 0.691. The summed E-state index contributed by atoms with van der Waals surface area (Å²) in [6.07, 6.45) is 1.85. The second-order valence-corrected chi connectivity index (χ2v) is 4.97. The Bertz CT molecular complexity index is 852. The molecule has 2 aromatic carbocycles. The molecule has 0 saturated heterocycles. The van der Waals surface area contributed by atoms with E-state index in [2.05, 4.69) is 10.3 Å². The number of hydrogen-bond acceptors (Lipinski definition) is 2. The molecule has 0 aliphatic carbocycles. The van der Waals surface area contributed by atoms with Crippen molar-refractivity contribution in [3.05, 3.63) is 65.9 Å². The number of carbonyl (C=O) groups is 2. The Hall–Kier alpha value is -3.08. The van der Waals surface area contributed by atoms with Gasteiger partial charge in [-0.25, -0.2) is 4.79 Å². The molecule has 0 unspecified atom stereocenters. The smallest absolute Gasteiger partial charge is 0.335 e. The van der Waals surface area contributed by atoms with Gasteiger partial charge in [0.05, 0.1) is 12.0 Å². The molecule has 5 nitrogen and oxygen atoms in total. The van der Waals surface area contributed by atoms with E-state index in [1.54, 1.807) is 18.2 Å². The van der Waals surface area contributed by atoms with Crippen LogP contribution in [-0.4, -0.2) is 22.0 Å². The van der Waals surface area contributed by atoms with Crippen LogP contribution in [0, 0.1) is 0 Å². The topological polar surface area (TPSA) is 82.2 Å². The van der Waals surface area contributed by atoms with E-state index in [9.17, 15) is 9.59 Å². The van der Waals surface area contributed by atoms with Crippen molar-refractivity contribution in [2.45, 2.75) is 6.42 Å². The fraction of sp³-hybridized carbons (Fsp3) is 0.0588. The Morgan fingerprint density at radius 2 is 1.91 bits per heavy atom. The molecule has 0 radical (unpaired) electrons. The first-order valence-corrected chi connectivity index (χ1v) is 6.82. The molecule has 110 valence electrons. The van der Waals surface area contributed by atoms with Gasteiger partial charge < -0.3 is 15.4 Å². The zero-order valence-corrected chi connectivity index (χ0v) is 11.7. The molecule has 1 heterocycles. The largest absolute Gasteiger partial charge is 0.478 e. The summed E-state index contributed by atoms with van der Waals surface area (Å²) < 4.78 is 0. The summed E-state index contributed by atoms with van der Waals surface area (Å²) in [5, 5.41) is 13.0. The summed E-state index contributed by atoms with van der Waals surface area (Å²) in [7, 11) is 0. The van der Waals surface area contributed by atoms with Crippen molar-refractivity contribution < 1.29 is 14.7 Å². The van der Waals surface area contributed by atoms with Gasteiger partial charge in [-0.1, -0.05) is 24.3 Å². The standard InChI is InChI=1S/C17H14N2O3/c20-16(9-12-3-1-2-4-14(12)17(21)22)19-13-6-5-11-7-8-18-15(11)10-13/h1-8,10,18H,9H2,(H,19,20)(H,21,22). The van der Waals surface area contributed by atoms with Gasteiger partial charge in [0.25, 0.3) is 0 Å². The van der Waals surface area contributed by atoms with Crippen LogP contribution in [0.15, 0.2) is 54.7 Å². The lowest BCUT2D eigenvalue weighted by Crippen LogP contribution is -2.16. The molecule has 0 bridgehead atoms. The highest BCUT2D eigenvalue weighted by molar-refractivity contribution is 5.97. The third-order valence-corrected chi connectivity index (χ3v) is 3.44. The number of rotatable bonds is 4. The molecular formula is C17H14N2O3. The number of carbonyl (C=O) groups excluding carboxylic acids is 1. The van der Waals surface area contributed by atoms with Gasteiger partial charge in [0.2, 0.25) is 5.91 Å². The molecule has 3 aromatic rings. The summed E-state index contributed by atoms with van der Waals surface area (Å²) in [6.45, 7) is 0. The van der Waals surface area contributed by atoms with Crippen LogP contribution >= 0.6 is 0 Å². The molecule has 1 aromatic heterocycles. The molecule has 5 heteroatoms. The molecular weight excluding hydrogens is 280 g/mol. The van der Waals surface area contributed by atoms with E-state index in [1.165, 1.54) is 6.07 Å². The lowest BCUT2D eigenvalue weighted by molar-refractivity contribution is -0.115. The number of benzene rings is 2. The molecule has 0 fully saturated rings. The number of hydrogen-bond donors (Lipinski definition) is 3. The van der Waals surface area contributed by atoms with Crippen molar-refractivity contribution >= 4 is 28.5 Å². The molecule has 0 spiro atoms. The van der Waals surface area contributed by atoms with Gasteiger partial charge in [0.15, 0.2) is 0 Å². The van der Waals surface area contributed by atoms with Crippen molar-refractivity contribution in [1.82, 2.24) is 4.98 Å². The molecule has 3 N–H and O–H groups in total. The predicted molar refractivity (Wildman–Crippen MR) is 84.0 cm³/mol. The molecule has 0 aliphatic heterocycles. The van der Waals surface area contributed by atoms with E-state index in [0.29, 0.717) is 11.3 Å². The van der Waals surface area contributed by atoms with Gasteiger partial charge in [-0.15, -0.1) is 0 Å². The Morgan fingerprint density at radius 1 is 1.09 bits per heavy atom. The summed E-state index contributed by atoms with van der Waals surface area (Å²) >= 11 is 0. The summed E-state index contributed by atoms with van der Waals surface area (Å²) in [4.78, 5) is 26.3. The number of aromatic amines is 1. The van der Waals surface area contributed by atoms with Crippen LogP contribution in [0.25, 0.3) is 10.9 Å². The molecule has 0 aliphatic rings. The normalized spacial score (nSPS) is 10.5. The second-order valence-electron chi connectivity index (χ2n) is 4.97. The third-order valence-electron chi connectivity index (χ3n) is 3.44. The average molecular weight is 294 g/mol. The van der Waals surface area contributed by atoms with E-state index in [-0.39, 0.29) is 17.9 Å². The van der Waals surface area contributed by atoms with Gasteiger partial charge in [-0.3, -0.25) is 4.79 Å². The number of amides is 1. The Morgan fingerprint density at radius 3 is 2.73 bits per heavy atom. The Kier molecular flexibility index (Phi) is 3.62. The maximum absolute atomic E-state index is 12.1. The van der Waals surface area contributed by atoms with Crippen LogP contribution < -0.4 is 5.32 Å². The van der Waals surface area contributed by atoms with Gasteiger partial charge in [-0.2, -0.15) is 0 Å². The first kappa shape index (κ1) is 13.9. The lowest BCUT2D eigenvalue weighted by Gasteiger charge is -2.07. The van der Waals surface area contributed by atoms with Crippen LogP contribution in [-0.2, 0) is 11.2 Å². The molecule has 0 atom stereocenters. The van der Waals surface area contributed by atoms with Crippen molar-refractivity contribution in [2.24, 2.45) is 0 Å². The van der Waals surface area contributed by atoms with Crippen molar-refractivity contribution in [3.8, 4) is 0 Å². The first-order chi connectivity index (χ1) is 10.6. The van der Waals surface area contributed by atoms with Gasteiger partial charge in [0.1, 0.15) is 0 Å². The number of H-pyrrole nitrogens is 1. The highest BCUT2D eigenvalue weighted by Gasteiger charge is 2.12. The first-order valence-electron chi connectivity index (χ1n) is 6.82. The maximum atomic E-state index is 12.1. The van der Waals surface area contributed by atoms with E-state index in [0.717, 1.165) is 10.9 Å². The SMILES string of the molecule is O=C(Cc1ccccc1C(=O)O)Nc1ccc2cc[nH]c2c1. The van der Waals surface area contributed by atoms with Gasteiger partial charge in [-0.05, 0) is 35.2 Å². The number of nitrogens with one attached hydrogen (secondary N) is 2. The minimum Gasteiger partial charge on any atom is -0.478 e. The number of aromatic nitrogens is 1. The number of aromatic carboxylic acids is 1. The monoisotopic (exact) mass is 294 g/mol. The minimum absolute atomic E-state index is 0.0191. The number of fused-ring (bicyclic) bond motifs is 1. The predicted octanol–water partition coefficient (Wildman–Crippen LogP) is 3.05. The van der Waals surface area contributed by atoms with E-state index in [4.69, 9.17) is 5.11 Å². The lowest BCUT2D eigenvalue weighted by atomic mass is 10.0. The molecule has 3 rings (SSSR count). The van der Waals surface area contributed by atoms with Crippen LogP contribution in [0.4, 0.5) is 5.69 Å². The fourth-order valence-corrected chi connectivity index (χ4v) is 2.39. The Balaban J connectivity index is 1.76. The molecule has 1 amide bonds. The van der Waals surface area contributed by atoms with Crippen LogP contribution in [0.3, 0.4) is 0 Å². The second kappa shape index (κ2) is 5.73. The zero-order valence-electron chi connectivity index (χ0n) is 11.7. The Labute approximate surface area is 126 Å². The number of carboxylic acids is 1. The van der Waals surface area contributed by atoms with E-state index < -0.39 is 5.97 Å².